The molecule has 19 nitrogen and oxygen atoms in total. The van der Waals surface area contributed by atoms with E-state index < -0.39 is 101 Å². The van der Waals surface area contributed by atoms with Gasteiger partial charge in [-0.1, -0.05) is 59.7 Å². The summed E-state index contributed by atoms with van der Waals surface area (Å²) in [7, 11) is 3.62. The van der Waals surface area contributed by atoms with E-state index in [9.17, 15) is 29.4 Å². The van der Waals surface area contributed by atoms with E-state index >= 15 is 4.39 Å². The number of carbonyl (C=O) groups excluding carboxylic acids is 4. The Morgan fingerprint density at radius 3 is 2.44 bits per heavy atom. The normalized spacial score (nSPS) is 35.1. The average molecular weight is 1020 g/mol. The Morgan fingerprint density at radius 1 is 1.08 bits per heavy atom. The Hall–Kier alpha value is -4.19. The van der Waals surface area contributed by atoms with Gasteiger partial charge < -0.3 is 54.7 Å². The number of alkyl halides is 1. The number of likely N-dealkylation sites (N-methyl/N-ethyl adjacent to an activating group) is 1. The zero-order valence-electron chi connectivity index (χ0n) is 43.5. The number of esters is 1. The van der Waals surface area contributed by atoms with E-state index in [1.165, 1.54) is 25.2 Å². The van der Waals surface area contributed by atoms with Crippen molar-refractivity contribution in [3.8, 4) is 10.7 Å². The Kier molecular flexibility index (Phi) is 19.7. The van der Waals surface area contributed by atoms with E-state index in [0.717, 1.165) is 6.92 Å². The number of ketones is 1. The molecule has 71 heavy (non-hydrogen) atoms. The molecule has 2 amide bonds. The number of halogens is 1. The van der Waals surface area contributed by atoms with Gasteiger partial charge in [-0.3, -0.25) is 14.4 Å². The lowest BCUT2D eigenvalue weighted by Gasteiger charge is -2.47. The zero-order chi connectivity index (χ0) is 52.7. The van der Waals surface area contributed by atoms with Crippen LogP contribution >= 0.6 is 11.3 Å². The molecule has 2 aromatic heterocycles. The van der Waals surface area contributed by atoms with E-state index in [1.807, 2.05) is 46.7 Å². The first-order valence-electron chi connectivity index (χ1n) is 24.6. The molecule has 3 fully saturated rings. The summed E-state index contributed by atoms with van der Waals surface area (Å²) in [5, 5.41) is 33.8. The molecule has 21 heteroatoms. The first-order chi connectivity index (χ1) is 33.2. The Balaban J connectivity index is 1.59. The number of fused-ring (bicyclic) bond motifs is 5. The summed E-state index contributed by atoms with van der Waals surface area (Å²) >= 11 is 1.30. The molecule has 0 saturated carbocycles. The molecule has 5 heterocycles. The molecule has 0 unspecified atom stereocenters. The summed E-state index contributed by atoms with van der Waals surface area (Å²) in [5.74, 6) is -5.95. The summed E-state index contributed by atoms with van der Waals surface area (Å²) in [6.07, 6.45) is -6.17. The van der Waals surface area contributed by atoms with Crippen LogP contribution in [0.25, 0.3) is 10.7 Å². The number of carbonyl (C=O) groups is 4. The van der Waals surface area contributed by atoms with Gasteiger partial charge >= 0.3 is 5.97 Å². The molecular weight excluding hydrogens is 942 g/mol. The Bertz CT molecular complexity index is 2240. The van der Waals surface area contributed by atoms with Crippen LogP contribution in [0, 0.1) is 23.7 Å². The number of hydrogen-bond acceptors (Lipinski definition) is 18. The molecule has 0 aliphatic carbocycles. The molecule has 5 rings (SSSR count). The maximum atomic E-state index is 17.0. The molecule has 3 aliphatic heterocycles. The van der Waals surface area contributed by atoms with Gasteiger partial charge in [0.1, 0.15) is 40.0 Å². The number of rotatable bonds is 13. The van der Waals surface area contributed by atoms with Crippen LogP contribution in [0.5, 0.6) is 0 Å². The van der Waals surface area contributed by atoms with Crippen molar-refractivity contribution in [3.63, 3.8) is 0 Å². The minimum absolute atomic E-state index is 0.0240. The summed E-state index contributed by atoms with van der Waals surface area (Å²) in [6, 6.07) is 4.05. The second kappa shape index (κ2) is 24.2. The predicted molar refractivity (Wildman–Crippen MR) is 265 cm³/mol. The second-order valence-corrected chi connectivity index (χ2v) is 21.4. The lowest BCUT2D eigenvalue weighted by atomic mass is 9.73. The minimum Gasteiger partial charge on any atom is -0.457 e. The van der Waals surface area contributed by atoms with Crippen molar-refractivity contribution in [3.05, 3.63) is 29.3 Å². The molecule has 5 N–H and O–H groups in total. The van der Waals surface area contributed by atoms with Gasteiger partial charge in [0.2, 0.25) is 11.8 Å². The summed E-state index contributed by atoms with van der Waals surface area (Å²) in [4.78, 5) is 76.2. The SMILES string of the molecule is CCC(=O)/N=C1\[C@H](C)C[C@@]2(C)OC/C(=N/OCc3csc(-c4cccc(NC(=O)[C@@H](N)CC(C)C)n4)n3)CO[C@H]([C@H]1C)[C@](C)(O)[C@@H](CC)OC(=O)[C@@](C)(F)C(=O)[C@H](C)[C@H]2O[C@@H]1O[C@H](C)C[C@H](N(C)C)[C@H]1O. The van der Waals surface area contributed by atoms with Gasteiger partial charge in [-0.05, 0) is 91.4 Å². The second-order valence-electron chi connectivity index (χ2n) is 20.5. The van der Waals surface area contributed by atoms with Crippen molar-refractivity contribution < 1.29 is 62.3 Å². The quantitative estimate of drug-likeness (QED) is 0.111. The van der Waals surface area contributed by atoms with Crippen LogP contribution in [0.15, 0.2) is 33.7 Å². The van der Waals surface area contributed by atoms with Crippen LogP contribution in [-0.4, -0.2) is 153 Å². The fourth-order valence-corrected chi connectivity index (χ4v) is 10.6. The van der Waals surface area contributed by atoms with E-state index in [1.54, 1.807) is 51.3 Å². The number of nitrogens with one attached hydrogen (secondary N) is 1. The molecule has 2 aromatic rings. The fraction of sp³-hybridized carbons (Fsp3) is 0.720. The van der Waals surface area contributed by atoms with Crippen LogP contribution in [0.2, 0.25) is 0 Å². The number of hydrogen-bond donors (Lipinski definition) is 4. The fourth-order valence-electron chi connectivity index (χ4n) is 9.79. The molecule has 14 atom stereocenters. The lowest BCUT2D eigenvalue weighted by molar-refractivity contribution is -0.296. The third kappa shape index (κ3) is 13.9. The number of aliphatic hydroxyl groups is 2. The van der Waals surface area contributed by atoms with Crippen molar-refractivity contribution in [2.45, 2.75) is 181 Å². The van der Waals surface area contributed by atoms with Gasteiger partial charge in [0.05, 0.1) is 48.9 Å². The molecule has 0 spiro atoms. The smallest absolute Gasteiger partial charge is 0.351 e. The van der Waals surface area contributed by atoms with E-state index in [2.05, 4.69) is 20.4 Å². The maximum absolute atomic E-state index is 17.0. The highest BCUT2D eigenvalue weighted by Crippen LogP contribution is 2.41. The van der Waals surface area contributed by atoms with Gasteiger partial charge in [0.25, 0.3) is 5.67 Å². The summed E-state index contributed by atoms with van der Waals surface area (Å²) in [5.41, 5.74) is 0.619. The first-order valence-corrected chi connectivity index (χ1v) is 25.5. The number of ether oxygens (including phenoxy) is 5. The lowest BCUT2D eigenvalue weighted by Crippen LogP contribution is -2.61. The van der Waals surface area contributed by atoms with Crippen molar-refractivity contribution in [2.24, 2.45) is 39.6 Å². The molecule has 2 bridgehead atoms. The van der Waals surface area contributed by atoms with Crippen molar-refractivity contribution in [1.82, 2.24) is 14.9 Å². The number of aliphatic hydroxyl groups excluding tert-OH is 1. The van der Waals surface area contributed by atoms with Crippen molar-refractivity contribution >= 4 is 52.1 Å². The number of aromatic nitrogens is 2. The van der Waals surface area contributed by atoms with Crippen LogP contribution in [0.4, 0.5) is 10.2 Å². The topological polar surface area (TPSA) is 256 Å². The average Bonchev–Trinajstić information content (AvgIpc) is 3.78. The molecule has 0 radical (unpaired) electrons. The van der Waals surface area contributed by atoms with Crippen LogP contribution < -0.4 is 11.1 Å². The van der Waals surface area contributed by atoms with Gasteiger partial charge in [-0.2, -0.15) is 0 Å². The monoisotopic (exact) mass is 1020 g/mol. The number of pyridine rings is 1. The van der Waals surface area contributed by atoms with Crippen molar-refractivity contribution in [1.29, 1.82) is 0 Å². The van der Waals surface area contributed by atoms with Crippen LogP contribution in [-0.2, 0) is 54.3 Å². The number of Topliss-reactive ketones (excluding diaryl/α,β-unsaturated/α-hetero) is 1. The number of anilines is 1. The third-order valence-corrected chi connectivity index (χ3v) is 14.6. The van der Waals surface area contributed by atoms with Crippen LogP contribution in [0.1, 0.15) is 114 Å². The van der Waals surface area contributed by atoms with Gasteiger partial charge in [-0.25, -0.2) is 24.1 Å². The van der Waals surface area contributed by atoms with Crippen LogP contribution in [0.3, 0.4) is 0 Å². The largest absolute Gasteiger partial charge is 0.457 e. The molecule has 396 valence electrons. The predicted octanol–water partition coefficient (Wildman–Crippen LogP) is 5.43. The van der Waals surface area contributed by atoms with E-state index in [4.69, 9.17) is 39.2 Å². The summed E-state index contributed by atoms with van der Waals surface area (Å²) in [6.45, 7) is 17.1. The number of nitrogens with zero attached hydrogens (tertiary/aromatic N) is 5. The highest BCUT2D eigenvalue weighted by atomic mass is 32.1. The number of oxime groups is 1. The zero-order valence-corrected chi connectivity index (χ0v) is 44.3. The highest BCUT2D eigenvalue weighted by molar-refractivity contribution is 7.13. The number of cyclic esters (lactones) is 1. The minimum atomic E-state index is -3.25. The standard InChI is InChI=1S/C50H76FN7O12S/c1-14-36-50(11,64)43-29(7)39(56-38(59)15-2)27(5)21-48(9,42(30(8)41(61)49(10,51)47(63)69-36)70-46-40(60)35(58(12)13)20-28(6)68-46)66-23-31(22-65-43)57-67-24-32-25-71-45(53-32)34-17-16-18-37(54-34)55-44(62)33(52)19-26(3)4/h16-18,25-30,33,35-36,40,42-43,46,60,64H,14-15,19-24,52H2,1-13H3,(H,54,55,62)/b56-39+,57-31+/t27-,28-,29+,30+,33+,35+,36-,40-,42-,43-,46+,48-,49+,50-/m1/s1. The highest BCUT2D eigenvalue weighted by Gasteiger charge is 2.57. The van der Waals surface area contributed by atoms with E-state index in [-0.39, 0.29) is 56.6 Å². The molecule has 3 aliphatic rings. The Labute approximate surface area is 420 Å². The third-order valence-electron chi connectivity index (χ3n) is 13.7. The van der Waals surface area contributed by atoms with Gasteiger partial charge in [0.15, 0.2) is 18.7 Å². The van der Waals surface area contributed by atoms with Crippen molar-refractivity contribution in [2.75, 3.05) is 32.6 Å². The van der Waals surface area contributed by atoms with Gasteiger partial charge in [0, 0.05) is 35.4 Å². The first kappa shape index (κ1) is 57.7. The number of aliphatic imine (C=N–C) groups is 1. The maximum Gasteiger partial charge on any atom is 0.351 e. The molecule has 3 saturated heterocycles. The Morgan fingerprint density at radius 2 is 1.79 bits per heavy atom. The van der Waals surface area contributed by atoms with Gasteiger partial charge in [-0.15, -0.1) is 11.3 Å². The molecular formula is C50H76FN7O12S. The van der Waals surface area contributed by atoms with E-state index in [0.29, 0.717) is 40.8 Å². The number of nitrogens with two attached hydrogens (primary N) is 1. The number of amides is 2. The molecule has 0 aromatic carbocycles. The summed E-state index contributed by atoms with van der Waals surface area (Å²) < 4.78 is 49.2. The number of thiazole rings is 1.